The van der Waals surface area contributed by atoms with E-state index in [1.807, 2.05) is 30.3 Å². The average Bonchev–Trinajstić information content (AvgIpc) is 2.58. The fraction of sp³-hybridized carbons (Fsp3) is 0.368. The van der Waals surface area contributed by atoms with E-state index >= 15 is 0 Å². The third kappa shape index (κ3) is 5.17. The van der Waals surface area contributed by atoms with Crippen molar-refractivity contribution in [3.8, 4) is 5.75 Å². The molecular weight excluding hydrogens is 274 g/mol. The van der Waals surface area contributed by atoms with E-state index in [2.05, 4.69) is 43.4 Å². The van der Waals surface area contributed by atoms with Crippen LogP contribution in [0, 0.1) is 0 Å². The van der Waals surface area contributed by atoms with Gasteiger partial charge in [0.15, 0.2) is 0 Å². The van der Waals surface area contributed by atoms with E-state index in [4.69, 9.17) is 4.74 Å². The Morgan fingerprint density at radius 2 is 1.73 bits per heavy atom. The molecule has 0 heterocycles. The quantitative estimate of drug-likeness (QED) is 0.785. The summed E-state index contributed by atoms with van der Waals surface area (Å²) in [5.41, 5.74) is 2.57. The van der Waals surface area contributed by atoms with E-state index in [0.29, 0.717) is 13.2 Å². The Morgan fingerprint density at radius 1 is 1.05 bits per heavy atom. The normalized spacial score (nSPS) is 13.6. The molecule has 0 radical (unpaired) electrons. The minimum absolute atomic E-state index is 0.206. The molecule has 2 aromatic carbocycles. The number of aryl methyl sites for hydroxylation is 1. The molecule has 0 spiro atoms. The predicted octanol–water partition coefficient (Wildman–Crippen LogP) is 3.34. The van der Waals surface area contributed by atoms with Crippen molar-refractivity contribution in [3.05, 3.63) is 65.7 Å². The number of benzene rings is 2. The van der Waals surface area contributed by atoms with E-state index in [1.54, 1.807) is 0 Å². The standard InChI is InChI=1S/C19H25NO2/c1-3-16-9-11-17(12-10-16)15(2)20-13-18(21)14-22-19-7-5-4-6-8-19/h4-12,15,18,20-21H,3,13-14H2,1-2H3. The van der Waals surface area contributed by atoms with Crippen molar-refractivity contribution in [2.45, 2.75) is 32.4 Å². The molecule has 2 aromatic rings. The Labute approximate surface area is 133 Å². The molecule has 3 heteroatoms. The Balaban J connectivity index is 1.74. The molecule has 0 saturated heterocycles. The number of aliphatic hydroxyl groups is 1. The van der Waals surface area contributed by atoms with Crippen molar-refractivity contribution in [2.24, 2.45) is 0 Å². The molecule has 2 unspecified atom stereocenters. The van der Waals surface area contributed by atoms with Crippen LogP contribution >= 0.6 is 0 Å². The summed E-state index contributed by atoms with van der Waals surface area (Å²) in [6.45, 7) is 5.05. The van der Waals surface area contributed by atoms with Crippen molar-refractivity contribution in [1.82, 2.24) is 5.32 Å². The molecule has 2 atom stereocenters. The lowest BCUT2D eigenvalue weighted by molar-refractivity contribution is 0.104. The highest BCUT2D eigenvalue weighted by Crippen LogP contribution is 2.14. The number of para-hydroxylation sites is 1. The van der Waals surface area contributed by atoms with E-state index in [1.165, 1.54) is 11.1 Å². The summed E-state index contributed by atoms with van der Waals surface area (Å²) >= 11 is 0. The average molecular weight is 299 g/mol. The van der Waals surface area contributed by atoms with Crippen LogP contribution in [0.1, 0.15) is 31.0 Å². The Hall–Kier alpha value is -1.84. The molecule has 0 fully saturated rings. The zero-order valence-corrected chi connectivity index (χ0v) is 13.3. The molecule has 0 aliphatic rings. The van der Waals surface area contributed by atoms with Crippen LogP contribution in [-0.2, 0) is 6.42 Å². The second kappa shape index (κ2) is 8.57. The van der Waals surface area contributed by atoms with Crippen molar-refractivity contribution in [3.63, 3.8) is 0 Å². The van der Waals surface area contributed by atoms with Gasteiger partial charge in [0.2, 0.25) is 0 Å². The first kappa shape index (κ1) is 16.5. The number of hydrogen-bond donors (Lipinski definition) is 2. The molecule has 0 amide bonds. The number of nitrogens with one attached hydrogen (secondary N) is 1. The summed E-state index contributed by atoms with van der Waals surface area (Å²) in [6.07, 6.45) is 0.523. The lowest BCUT2D eigenvalue weighted by Crippen LogP contribution is -2.33. The second-order valence-corrected chi connectivity index (χ2v) is 5.50. The molecule has 118 valence electrons. The van der Waals surface area contributed by atoms with E-state index in [0.717, 1.165) is 12.2 Å². The van der Waals surface area contributed by atoms with Crippen LogP contribution < -0.4 is 10.1 Å². The summed E-state index contributed by atoms with van der Waals surface area (Å²) in [5, 5.41) is 13.3. The van der Waals surface area contributed by atoms with Gasteiger partial charge >= 0.3 is 0 Å². The third-order valence-electron chi connectivity index (χ3n) is 3.73. The minimum Gasteiger partial charge on any atom is -0.491 e. The number of ether oxygens (including phenoxy) is 1. The largest absolute Gasteiger partial charge is 0.491 e. The maximum absolute atomic E-state index is 10.0. The van der Waals surface area contributed by atoms with Crippen LogP contribution in [0.15, 0.2) is 54.6 Å². The molecule has 0 aromatic heterocycles. The highest BCUT2D eigenvalue weighted by molar-refractivity contribution is 5.24. The van der Waals surface area contributed by atoms with Gasteiger partial charge in [0.25, 0.3) is 0 Å². The molecule has 2 N–H and O–H groups in total. The van der Waals surface area contributed by atoms with Crippen molar-refractivity contribution in [1.29, 1.82) is 0 Å². The third-order valence-corrected chi connectivity index (χ3v) is 3.73. The van der Waals surface area contributed by atoms with Crippen molar-refractivity contribution in [2.75, 3.05) is 13.2 Å². The summed E-state index contributed by atoms with van der Waals surface area (Å²) in [7, 11) is 0. The maximum atomic E-state index is 10.0. The molecule has 0 saturated carbocycles. The second-order valence-electron chi connectivity index (χ2n) is 5.50. The van der Waals surface area contributed by atoms with Gasteiger partial charge in [-0.3, -0.25) is 0 Å². The summed E-state index contributed by atoms with van der Waals surface area (Å²) in [4.78, 5) is 0. The zero-order valence-electron chi connectivity index (χ0n) is 13.3. The molecule has 0 bridgehead atoms. The molecule has 22 heavy (non-hydrogen) atoms. The van der Waals surface area contributed by atoms with Crippen LogP contribution in [-0.4, -0.2) is 24.4 Å². The Bertz CT molecular complexity index is 539. The highest BCUT2D eigenvalue weighted by atomic mass is 16.5. The van der Waals surface area contributed by atoms with Gasteiger partial charge in [-0.25, -0.2) is 0 Å². The van der Waals surface area contributed by atoms with Gasteiger partial charge in [0.1, 0.15) is 18.5 Å². The predicted molar refractivity (Wildman–Crippen MR) is 90.2 cm³/mol. The Morgan fingerprint density at radius 3 is 2.36 bits per heavy atom. The van der Waals surface area contributed by atoms with Gasteiger partial charge in [-0.2, -0.15) is 0 Å². The van der Waals surface area contributed by atoms with Crippen LogP contribution in [0.4, 0.5) is 0 Å². The molecule has 0 aliphatic heterocycles. The summed E-state index contributed by atoms with van der Waals surface area (Å²) in [6, 6.07) is 18.4. The van der Waals surface area contributed by atoms with Crippen molar-refractivity contribution < 1.29 is 9.84 Å². The fourth-order valence-corrected chi connectivity index (χ4v) is 2.24. The zero-order chi connectivity index (χ0) is 15.8. The first-order valence-corrected chi connectivity index (χ1v) is 7.87. The van der Waals surface area contributed by atoms with Gasteiger partial charge in [0.05, 0.1) is 0 Å². The lowest BCUT2D eigenvalue weighted by Gasteiger charge is -2.18. The molecular formula is C19H25NO2. The van der Waals surface area contributed by atoms with Gasteiger partial charge in [-0.15, -0.1) is 0 Å². The van der Waals surface area contributed by atoms with Crippen molar-refractivity contribution >= 4 is 0 Å². The van der Waals surface area contributed by atoms with Crippen LogP contribution in [0.25, 0.3) is 0 Å². The van der Waals surface area contributed by atoms with Crippen LogP contribution in [0.3, 0.4) is 0 Å². The monoisotopic (exact) mass is 299 g/mol. The van der Waals surface area contributed by atoms with E-state index < -0.39 is 6.10 Å². The number of aliphatic hydroxyl groups excluding tert-OH is 1. The topological polar surface area (TPSA) is 41.5 Å². The SMILES string of the molecule is CCc1ccc(C(C)NCC(O)COc2ccccc2)cc1. The maximum Gasteiger partial charge on any atom is 0.119 e. The first-order valence-electron chi connectivity index (χ1n) is 7.87. The van der Waals surface area contributed by atoms with Crippen LogP contribution in [0.5, 0.6) is 5.75 Å². The number of hydrogen-bond acceptors (Lipinski definition) is 3. The molecule has 2 rings (SSSR count). The van der Waals surface area contributed by atoms with E-state index in [-0.39, 0.29) is 6.04 Å². The van der Waals surface area contributed by atoms with Gasteiger partial charge in [0, 0.05) is 12.6 Å². The lowest BCUT2D eigenvalue weighted by atomic mass is 10.0. The minimum atomic E-state index is -0.530. The highest BCUT2D eigenvalue weighted by Gasteiger charge is 2.09. The number of rotatable bonds is 8. The molecule has 3 nitrogen and oxygen atoms in total. The summed E-state index contributed by atoms with van der Waals surface area (Å²) < 4.78 is 5.55. The first-order chi connectivity index (χ1) is 10.7. The van der Waals surface area contributed by atoms with Crippen LogP contribution in [0.2, 0.25) is 0 Å². The fourth-order valence-electron chi connectivity index (χ4n) is 2.24. The van der Waals surface area contributed by atoms with Gasteiger partial charge < -0.3 is 15.2 Å². The van der Waals surface area contributed by atoms with Gasteiger partial charge in [-0.1, -0.05) is 49.4 Å². The smallest absolute Gasteiger partial charge is 0.119 e. The summed E-state index contributed by atoms with van der Waals surface area (Å²) in [5.74, 6) is 0.782. The molecule has 0 aliphatic carbocycles. The Kier molecular flexibility index (Phi) is 6.44. The van der Waals surface area contributed by atoms with Gasteiger partial charge in [-0.05, 0) is 36.6 Å². The van der Waals surface area contributed by atoms with E-state index in [9.17, 15) is 5.11 Å².